The number of nitrogens with zero attached hydrogens (tertiary/aromatic N) is 2. The molecule has 1 aromatic heterocycles. The number of fused-ring (bicyclic) bond motifs is 1. The van der Waals surface area contributed by atoms with E-state index in [1.165, 1.54) is 33.6 Å². The number of thiazole rings is 1. The Morgan fingerprint density at radius 1 is 1.23 bits per heavy atom. The topological polar surface area (TPSA) is 54.5 Å². The van der Waals surface area contributed by atoms with Crippen LogP contribution in [0.5, 0.6) is 0 Å². The monoisotopic (exact) mass is 433 g/mol. The third kappa shape index (κ3) is 4.03. The SMILES string of the molecule is CC1(C(=O)Nc2nccs2)Cc2ccc(CN3CCOCC3)cc2C1c1ccccc1. The van der Waals surface area contributed by atoms with Crippen molar-refractivity contribution in [1.29, 1.82) is 0 Å². The van der Waals surface area contributed by atoms with Gasteiger partial charge in [0.1, 0.15) is 0 Å². The second kappa shape index (κ2) is 8.54. The molecule has 5 rings (SSSR count). The fourth-order valence-corrected chi connectivity index (χ4v) is 5.48. The zero-order valence-electron chi connectivity index (χ0n) is 17.7. The van der Waals surface area contributed by atoms with Crippen LogP contribution in [0.2, 0.25) is 0 Å². The van der Waals surface area contributed by atoms with Gasteiger partial charge in [0.25, 0.3) is 0 Å². The first kappa shape index (κ1) is 20.4. The number of ether oxygens (including phenoxy) is 1. The molecule has 6 heteroatoms. The Bertz CT molecular complexity index is 1050. The van der Waals surface area contributed by atoms with Crippen LogP contribution in [0.25, 0.3) is 0 Å². The molecule has 3 aromatic rings. The maximum absolute atomic E-state index is 13.5. The maximum atomic E-state index is 13.5. The fourth-order valence-electron chi connectivity index (χ4n) is 4.96. The molecule has 1 aliphatic heterocycles. The number of amides is 1. The van der Waals surface area contributed by atoms with Crippen LogP contribution < -0.4 is 5.32 Å². The number of nitrogens with one attached hydrogen (secondary N) is 1. The quantitative estimate of drug-likeness (QED) is 0.652. The van der Waals surface area contributed by atoms with Crippen molar-refractivity contribution < 1.29 is 9.53 Å². The molecule has 0 saturated carbocycles. The van der Waals surface area contributed by atoms with Gasteiger partial charge in [0, 0.05) is 37.1 Å². The summed E-state index contributed by atoms with van der Waals surface area (Å²) in [6.45, 7) is 6.54. The van der Waals surface area contributed by atoms with Crippen LogP contribution in [0.15, 0.2) is 60.1 Å². The minimum atomic E-state index is -0.576. The van der Waals surface area contributed by atoms with Gasteiger partial charge in [0.2, 0.25) is 5.91 Å². The van der Waals surface area contributed by atoms with Crippen LogP contribution in [-0.4, -0.2) is 42.1 Å². The standard InChI is InChI=1S/C25H27N3O2S/c1-25(23(29)27-24-26-9-14-31-24)16-20-8-7-18(17-28-10-12-30-13-11-28)15-21(20)22(25)19-5-3-2-4-6-19/h2-9,14-15,22H,10-13,16-17H2,1H3,(H,26,27,29). The van der Waals surface area contributed by atoms with Crippen molar-refractivity contribution in [3.63, 3.8) is 0 Å². The summed E-state index contributed by atoms with van der Waals surface area (Å²) in [5.74, 6) is 0.0375. The molecule has 2 aliphatic rings. The lowest BCUT2D eigenvalue weighted by atomic mass is 9.73. The van der Waals surface area contributed by atoms with Gasteiger partial charge in [-0.3, -0.25) is 9.69 Å². The number of hydrogen-bond acceptors (Lipinski definition) is 5. The number of hydrogen-bond donors (Lipinski definition) is 1. The van der Waals surface area contributed by atoms with Crippen molar-refractivity contribution in [2.24, 2.45) is 5.41 Å². The third-order valence-electron chi connectivity index (χ3n) is 6.53. The molecule has 0 spiro atoms. The van der Waals surface area contributed by atoms with Gasteiger partial charge in [-0.2, -0.15) is 0 Å². The van der Waals surface area contributed by atoms with Crippen molar-refractivity contribution in [3.05, 3.63) is 82.4 Å². The van der Waals surface area contributed by atoms with E-state index >= 15 is 0 Å². The van der Waals surface area contributed by atoms with E-state index in [1.54, 1.807) is 6.20 Å². The predicted molar refractivity (Wildman–Crippen MR) is 123 cm³/mol. The summed E-state index contributed by atoms with van der Waals surface area (Å²) < 4.78 is 5.49. The van der Waals surface area contributed by atoms with Gasteiger partial charge in [-0.1, -0.05) is 48.5 Å². The maximum Gasteiger partial charge on any atom is 0.233 e. The summed E-state index contributed by atoms with van der Waals surface area (Å²) in [4.78, 5) is 20.2. The first-order valence-electron chi connectivity index (χ1n) is 10.8. The van der Waals surface area contributed by atoms with Crippen LogP contribution in [0.1, 0.15) is 35.1 Å². The van der Waals surface area contributed by atoms with Gasteiger partial charge in [-0.05, 0) is 35.6 Å². The van der Waals surface area contributed by atoms with Gasteiger partial charge in [0.15, 0.2) is 5.13 Å². The number of rotatable bonds is 5. The van der Waals surface area contributed by atoms with Gasteiger partial charge in [-0.15, -0.1) is 11.3 Å². The molecule has 1 saturated heterocycles. The highest BCUT2D eigenvalue weighted by molar-refractivity contribution is 7.13. The number of carbonyl (C=O) groups excluding carboxylic acids is 1. The van der Waals surface area contributed by atoms with E-state index in [1.807, 2.05) is 11.4 Å². The van der Waals surface area contributed by atoms with Crippen LogP contribution in [0.3, 0.4) is 0 Å². The first-order valence-corrected chi connectivity index (χ1v) is 11.7. The number of anilines is 1. The minimum absolute atomic E-state index is 0.00769. The molecule has 2 aromatic carbocycles. The van der Waals surface area contributed by atoms with E-state index in [0.717, 1.165) is 39.3 Å². The predicted octanol–water partition coefficient (Wildman–Crippen LogP) is 4.31. The van der Waals surface area contributed by atoms with E-state index in [-0.39, 0.29) is 11.8 Å². The van der Waals surface area contributed by atoms with Crippen LogP contribution >= 0.6 is 11.3 Å². The van der Waals surface area contributed by atoms with E-state index < -0.39 is 5.41 Å². The van der Waals surface area contributed by atoms with Crippen molar-refractivity contribution in [1.82, 2.24) is 9.88 Å². The molecular formula is C25H27N3O2S. The second-order valence-corrected chi connectivity index (χ2v) is 9.55. The van der Waals surface area contributed by atoms with Crippen molar-refractivity contribution in [3.8, 4) is 0 Å². The Labute approximate surface area is 187 Å². The summed E-state index contributed by atoms with van der Waals surface area (Å²) >= 11 is 1.45. The number of aromatic nitrogens is 1. The average molecular weight is 434 g/mol. The van der Waals surface area contributed by atoms with Crippen LogP contribution in [0.4, 0.5) is 5.13 Å². The van der Waals surface area contributed by atoms with Gasteiger partial charge in [-0.25, -0.2) is 4.98 Å². The lowest BCUT2D eigenvalue weighted by molar-refractivity contribution is -0.125. The molecular weight excluding hydrogens is 406 g/mol. The lowest BCUT2D eigenvalue weighted by Crippen LogP contribution is -2.37. The van der Waals surface area contributed by atoms with E-state index in [4.69, 9.17) is 4.74 Å². The molecule has 2 heterocycles. The van der Waals surface area contributed by atoms with Crippen LogP contribution in [-0.2, 0) is 22.5 Å². The zero-order chi connectivity index (χ0) is 21.3. The molecule has 2 atom stereocenters. The molecule has 5 nitrogen and oxygen atoms in total. The zero-order valence-corrected chi connectivity index (χ0v) is 18.5. The molecule has 2 unspecified atom stereocenters. The highest BCUT2D eigenvalue weighted by Crippen LogP contribution is 2.51. The van der Waals surface area contributed by atoms with E-state index in [9.17, 15) is 4.79 Å². The lowest BCUT2D eigenvalue weighted by Gasteiger charge is -2.31. The molecule has 1 aliphatic carbocycles. The summed E-state index contributed by atoms with van der Waals surface area (Å²) in [5, 5.41) is 5.60. The minimum Gasteiger partial charge on any atom is -0.379 e. The summed E-state index contributed by atoms with van der Waals surface area (Å²) in [6, 6.07) is 17.2. The Kier molecular flexibility index (Phi) is 5.61. The Morgan fingerprint density at radius 2 is 2.03 bits per heavy atom. The molecule has 0 bridgehead atoms. The fraction of sp³-hybridized carbons (Fsp3) is 0.360. The van der Waals surface area contributed by atoms with Crippen LogP contribution in [0, 0.1) is 5.41 Å². The van der Waals surface area contributed by atoms with Gasteiger partial charge < -0.3 is 10.1 Å². The molecule has 31 heavy (non-hydrogen) atoms. The van der Waals surface area contributed by atoms with Gasteiger partial charge in [0.05, 0.1) is 18.6 Å². The molecule has 160 valence electrons. The molecule has 1 N–H and O–H groups in total. The number of carbonyl (C=O) groups is 1. The van der Waals surface area contributed by atoms with Crippen molar-refractivity contribution >= 4 is 22.4 Å². The Morgan fingerprint density at radius 3 is 2.77 bits per heavy atom. The summed E-state index contributed by atoms with van der Waals surface area (Å²) in [5.41, 5.74) is 4.44. The van der Waals surface area contributed by atoms with Crippen molar-refractivity contribution in [2.75, 3.05) is 31.6 Å². The molecule has 0 radical (unpaired) electrons. The van der Waals surface area contributed by atoms with Gasteiger partial charge >= 0.3 is 0 Å². The Balaban J connectivity index is 1.49. The third-order valence-corrected chi connectivity index (χ3v) is 7.22. The number of benzene rings is 2. The molecule has 1 fully saturated rings. The van der Waals surface area contributed by atoms with E-state index in [0.29, 0.717) is 5.13 Å². The Hall–Kier alpha value is -2.54. The first-order chi connectivity index (χ1) is 15.1. The number of morpholine rings is 1. The normalized spacial score (nSPS) is 23.5. The van der Waals surface area contributed by atoms with E-state index in [2.05, 4.69) is 64.6 Å². The smallest absolute Gasteiger partial charge is 0.233 e. The average Bonchev–Trinajstić information content (AvgIpc) is 3.40. The van der Waals surface area contributed by atoms with Crippen molar-refractivity contribution in [2.45, 2.75) is 25.8 Å². The largest absolute Gasteiger partial charge is 0.379 e. The summed E-state index contributed by atoms with van der Waals surface area (Å²) in [6.07, 6.45) is 2.44. The highest BCUT2D eigenvalue weighted by Gasteiger charge is 2.49. The second-order valence-electron chi connectivity index (χ2n) is 8.65. The molecule has 1 amide bonds. The highest BCUT2D eigenvalue weighted by atomic mass is 32.1. The summed E-state index contributed by atoms with van der Waals surface area (Å²) in [7, 11) is 0.